The Morgan fingerprint density at radius 2 is 1.88 bits per heavy atom. The molecule has 0 amide bonds. The summed E-state index contributed by atoms with van der Waals surface area (Å²) < 4.78 is 26.4. The van der Waals surface area contributed by atoms with E-state index in [4.69, 9.17) is 5.84 Å². The van der Waals surface area contributed by atoms with E-state index in [9.17, 15) is 8.78 Å². The fraction of sp³-hybridized carbons (Fsp3) is 0.538. The average Bonchev–Trinajstić information content (AvgIpc) is 2.32. The zero-order valence-corrected chi connectivity index (χ0v) is 10.3. The Balaban J connectivity index is 2.85. The highest BCUT2D eigenvalue weighted by atomic mass is 19.1. The fourth-order valence-corrected chi connectivity index (χ4v) is 2.02. The van der Waals surface area contributed by atoms with Crippen LogP contribution in [0.4, 0.5) is 8.78 Å². The summed E-state index contributed by atoms with van der Waals surface area (Å²) in [7, 11) is 0. The van der Waals surface area contributed by atoms with E-state index in [0.717, 1.165) is 25.3 Å². The third-order valence-corrected chi connectivity index (χ3v) is 3.26. The van der Waals surface area contributed by atoms with Crippen LogP contribution in [0, 0.1) is 17.6 Å². The predicted octanol–water partition coefficient (Wildman–Crippen LogP) is 3.30. The van der Waals surface area contributed by atoms with E-state index in [2.05, 4.69) is 19.3 Å². The molecule has 4 heteroatoms. The fourth-order valence-electron chi connectivity index (χ4n) is 2.02. The van der Waals surface area contributed by atoms with Gasteiger partial charge in [-0.1, -0.05) is 32.8 Å². The first-order chi connectivity index (χ1) is 8.12. The Kier molecular flexibility index (Phi) is 5.51. The van der Waals surface area contributed by atoms with Gasteiger partial charge in [-0.15, -0.1) is 0 Å². The maximum Gasteiger partial charge on any atom is 0.130 e. The van der Waals surface area contributed by atoms with Crippen LogP contribution in [0.15, 0.2) is 18.2 Å². The minimum absolute atomic E-state index is 0.263. The molecule has 17 heavy (non-hydrogen) atoms. The smallest absolute Gasteiger partial charge is 0.130 e. The first kappa shape index (κ1) is 14.1. The molecule has 1 rings (SSSR count). The van der Waals surface area contributed by atoms with Gasteiger partial charge < -0.3 is 0 Å². The van der Waals surface area contributed by atoms with Gasteiger partial charge in [-0.3, -0.25) is 11.3 Å². The third kappa shape index (κ3) is 3.75. The summed E-state index contributed by atoms with van der Waals surface area (Å²) in [6.07, 6.45) is 2.81. The van der Waals surface area contributed by atoms with Crippen LogP contribution >= 0.6 is 0 Å². The molecule has 3 N–H and O–H groups in total. The van der Waals surface area contributed by atoms with E-state index in [1.165, 1.54) is 12.1 Å². The predicted molar refractivity (Wildman–Crippen MR) is 65.1 cm³/mol. The number of rotatable bonds is 6. The van der Waals surface area contributed by atoms with Gasteiger partial charge in [-0.25, -0.2) is 8.78 Å². The van der Waals surface area contributed by atoms with Gasteiger partial charge in [-0.2, -0.15) is 0 Å². The summed E-state index contributed by atoms with van der Waals surface area (Å²) in [5, 5.41) is 0. The molecular formula is C13H20F2N2. The molecule has 0 aliphatic carbocycles. The third-order valence-electron chi connectivity index (χ3n) is 3.26. The molecule has 1 aromatic carbocycles. The number of nitrogens with two attached hydrogens (primary N) is 1. The molecular weight excluding hydrogens is 222 g/mol. The largest absolute Gasteiger partial charge is 0.271 e. The van der Waals surface area contributed by atoms with Crippen molar-refractivity contribution in [2.75, 3.05) is 0 Å². The number of halogens is 2. The first-order valence-electron chi connectivity index (χ1n) is 6.03. The normalized spacial score (nSPS) is 13.1. The molecule has 0 aliphatic rings. The van der Waals surface area contributed by atoms with E-state index >= 15 is 0 Å². The van der Waals surface area contributed by atoms with Crippen LogP contribution in [0.25, 0.3) is 0 Å². The summed E-state index contributed by atoms with van der Waals surface area (Å²) >= 11 is 0. The van der Waals surface area contributed by atoms with Crippen LogP contribution in [-0.2, 0) is 0 Å². The molecule has 0 spiro atoms. The van der Waals surface area contributed by atoms with Crippen molar-refractivity contribution in [3.8, 4) is 0 Å². The van der Waals surface area contributed by atoms with Crippen molar-refractivity contribution >= 4 is 0 Å². The lowest BCUT2D eigenvalue weighted by Crippen LogP contribution is -2.30. The van der Waals surface area contributed by atoms with Gasteiger partial charge in [-0.05, 0) is 18.4 Å². The molecule has 0 saturated carbocycles. The van der Waals surface area contributed by atoms with Crippen molar-refractivity contribution in [1.82, 2.24) is 5.43 Å². The molecule has 1 aromatic rings. The Labute approximate surface area is 101 Å². The van der Waals surface area contributed by atoms with Crippen LogP contribution in [0.1, 0.15) is 44.7 Å². The van der Waals surface area contributed by atoms with Gasteiger partial charge in [0.25, 0.3) is 0 Å². The summed E-state index contributed by atoms with van der Waals surface area (Å²) in [5.74, 6) is 4.84. The van der Waals surface area contributed by atoms with Gasteiger partial charge in [0.15, 0.2) is 0 Å². The molecule has 0 fully saturated rings. The highest BCUT2D eigenvalue weighted by Gasteiger charge is 2.18. The summed E-state index contributed by atoms with van der Waals surface area (Å²) in [6.45, 7) is 4.20. The number of hydrogen-bond acceptors (Lipinski definition) is 2. The van der Waals surface area contributed by atoms with Crippen molar-refractivity contribution in [2.24, 2.45) is 11.8 Å². The van der Waals surface area contributed by atoms with Crippen LogP contribution in [0.2, 0.25) is 0 Å². The van der Waals surface area contributed by atoms with Gasteiger partial charge in [0, 0.05) is 17.7 Å². The lowest BCUT2D eigenvalue weighted by molar-refractivity contribution is 0.366. The molecule has 0 aliphatic heterocycles. The summed E-state index contributed by atoms with van der Waals surface area (Å²) in [5.41, 5.74) is 3.05. The van der Waals surface area contributed by atoms with Crippen molar-refractivity contribution in [1.29, 1.82) is 0 Å². The number of nitrogens with one attached hydrogen (secondary N) is 1. The Morgan fingerprint density at radius 1 is 1.24 bits per heavy atom. The second-order valence-electron chi connectivity index (χ2n) is 4.30. The van der Waals surface area contributed by atoms with E-state index in [0.29, 0.717) is 11.5 Å². The van der Waals surface area contributed by atoms with Crippen molar-refractivity contribution in [3.63, 3.8) is 0 Å². The quantitative estimate of drug-likeness (QED) is 0.593. The molecule has 0 radical (unpaired) electrons. The van der Waals surface area contributed by atoms with Crippen molar-refractivity contribution in [3.05, 3.63) is 35.4 Å². The Bertz CT molecular complexity index is 351. The van der Waals surface area contributed by atoms with Gasteiger partial charge in [0.1, 0.15) is 11.6 Å². The lowest BCUT2D eigenvalue weighted by atomic mass is 9.91. The second kappa shape index (κ2) is 6.67. The van der Waals surface area contributed by atoms with E-state index in [1.54, 1.807) is 0 Å². The second-order valence-corrected chi connectivity index (χ2v) is 4.30. The minimum Gasteiger partial charge on any atom is -0.271 e. The molecule has 0 aromatic heterocycles. The SMILES string of the molecule is CCC(CC)CC(NN)c1ccc(F)cc1F. The van der Waals surface area contributed by atoms with Crippen LogP contribution in [0.5, 0.6) is 0 Å². The minimum atomic E-state index is -0.565. The van der Waals surface area contributed by atoms with Crippen LogP contribution in [-0.4, -0.2) is 0 Å². The van der Waals surface area contributed by atoms with E-state index in [-0.39, 0.29) is 6.04 Å². The maximum atomic E-state index is 13.6. The molecule has 0 saturated heterocycles. The standard InChI is InChI=1S/C13H20F2N2/c1-3-9(4-2)7-13(17-16)11-6-5-10(14)8-12(11)15/h5-6,8-9,13,17H,3-4,7,16H2,1-2H3. The molecule has 0 heterocycles. The monoisotopic (exact) mass is 242 g/mol. The van der Waals surface area contributed by atoms with Crippen LogP contribution < -0.4 is 11.3 Å². The number of hydrazine groups is 1. The van der Waals surface area contributed by atoms with E-state index in [1.807, 2.05) is 0 Å². The van der Waals surface area contributed by atoms with Crippen molar-refractivity contribution in [2.45, 2.75) is 39.2 Å². The Hall–Kier alpha value is -1.00. The summed E-state index contributed by atoms with van der Waals surface area (Å²) in [6, 6.07) is 3.35. The van der Waals surface area contributed by atoms with Gasteiger partial charge in [0.05, 0.1) is 0 Å². The molecule has 0 bridgehead atoms. The average molecular weight is 242 g/mol. The highest BCUT2D eigenvalue weighted by molar-refractivity contribution is 5.22. The molecule has 96 valence electrons. The number of hydrogen-bond donors (Lipinski definition) is 2. The molecule has 1 atom stereocenters. The lowest BCUT2D eigenvalue weighted by Gasteiger charge is -2.22. The first-order valence-corrected chi connectivity index (χ1v) is 6.03. The Morgan fingerprint density at radius 3 is 2.35 bits per heavy atom. The highest BCUT2D eigenvalue weighted by Crippen LogP contribution is 2.26. The maximum absolute atomic E-state index is 13.6. The zero-order chi connectivity index (χ0) is 12.8. The number of benzene rings is 1. The topological polar surface area (TPSA) is 38.0 Å². The van der Waals surface area contributed by atoms with Gasteiger partial charge >= 0.3 is 0 Å². The molecule has 1 unspecified atom stereocenters. The van der Waals surface area contributed by atoms with Crippen molar-refractivity contribution < 1.29 is 8.78 Å². The zero-order valence-electron chi connectivity index (χ0n) is 10.3. The summed E-state index contributed by atoms with van der Waals surface area (Å²) in [4.78, 5) is 0. The van der Waals surface area contributed by atoms with E-state index < -0.39 is 11.6 Å². The van der Waals surface area contributed by atoms with Crippen LogP contribution in [0.3, 0.4) is 0 Å². The molecule has 2 nitrogen and oxygen atoms in total. The van der Waals surface area contributed by atoms with Gasteiger partial charge in [0.2, 0.25) is 0 Å².